The van der Waals surface area contributed by atoms with E-state index in [0.717, 1.165) is 12.1 Å². The van der Waals surface area contributed by atoms with Gasteiger partial charge in [-0.3, -0.25) is 14.7 Å². The quantitative estimate of drug-likeness (QED) is 0.336. The molecule has 0 aliphatic rings. The summed E-state index contributed by atoms with van der Waals surface area (Å²) in [5.74, 6) is 0. The number of nitrogens with zero attached hydrogens (tertiary/aromatic N) is 1. The maximum absolute atomic E-state index is 11.4. The van der Waals surface area contributed by atoms with Gasteiger partial charge in [-0.05, 0) is 24.3 Å². The van der Waals surface area contributed by atoms with Crippen LogP contribution in [0.25, 0.3) is 0 Å². The largest absolute Gasteiger partial charge is 0.398 e. The molecule has 8 nitrogen and oxygen atoms in total. The molecule has 116 valence electrons. The van der Waals surface area contributed by atoms with Gasteiger partial charge in [0.2, 0.25) is 0 Å². The molecule has 0 spiro atoms. The lowest BCUT2D eigenvalue weighted by molar-refractivity contribution is -0.385. The molecule has 0 heterocycles. The summed E-state index contributed by atoms with van der Waals surface area (Å²) in [6.45, 7) is 0. The molecule has 10 heteroatoms. The predicted molar refractivity (Wildman–Crippen MR) is 82.1 cm³/mol. The van der Waals surface area contributed by atoms with Crippen molar-refractivity contribution in [3.8, 4) is 0 Å². The Morgan fingerprint density at radius 2 is 1.91 bits per heavy atom. The average molecular weight is 344 g/mol. The molecule has 0 radical (unpaired) electrons. The molecule has 0 aromatic heterocycles. The smallest absolute Gasteiger partial charge is 0.296 e. The highest BCUT2D eigenvalue weighted by atomic mass is 35.5. The van der Waals surface area contributed by atoms with Gasteiger partial charge in [-0.25, -0.2) is 0 Å². The number of non-ortho nitro benzene ring substituents is 1. The van der Waals surface area contributed by atoms with Crippen LogP contribution in [-0.2, 0) is 10.1 Å². The van der Waals surface area contributed by atoms with E-state index in [2.05, 4.69) is 5.32 Å². The number of benzene rings is 2. The normalized spacial score (nSPS) is 11.2. The van der Waals surface area contributed by atoms with Crippen molar-refractivity contribution in [1.29, 1.82) is 0 Å². The molecule has 0 atom stereocenters. The Morgan fingerprint density at radius 1 is 1.23 bits per heavy atom. The molecule has 4 N–H and O–H groups in total. The van der Waals surface area contributed by atoms with E-state index in [4.69, 9.17) is 17.3 Å². The van der Waals surface area contributed by atoms with Gasteiger partial charge in [0.1, 0.15) is 4.90 Å². The third-order valence-corrected chi connectivity index (χ3v) is 3.95. The summed E-state index contributed by atoms with van der Waals surface area (Å²) in [5, 5.41) is 13.7. The Bertz CT molecular complexity index is 854. The van der Waals surface area contributed by atoms with Crippen LogP contribution in [0.2, 0.25) is 5.02 Å². The predicted octanol–water partition coefficient (Wildman–Crippen LogP) is 2.82. The lowest BCUT2D eigenvalue weighted by Gasteiger charge is -2.11. The van der Waals surface area contributed by atoms with Crippen molar-refractivity contribution in [2.45, 2.75) is 4.90 Å². The molecule has 0 amide bonds. The number of nitrogens with one attached hydrogen (secondary N) is 1. The van der Waals surface area contributed by atoms with E-state index in [1.807, 2.05) is 0 Å². The minimum absolute atomic E-state index is 0.0334. The zero-order chi connectivity index (χ0) is 16.5. The molecule has 0 saturated carbocycles. The zero-order valence-electron chi connectivity index (χ0n) is 10.9. The van der Waals surface area contributed by atoms with Gasteiger partial charge in [-0.1, -0.05) is 11.6 Å². The van der Waals surface area contributed by atoms with Crippen molar-refractivity contribution in [3.05, 3.63) is 51.5 Å². The van der Waals surface area contributed by atoms with Crippen LogP contribution >= 0.6 is 11.6 Å². The molecule has 0 aliphatic heterocycles. The fourth-order valence-electron chi connectivity index (χ4n) is 1.70. The molecule has 0 fully saturated rings. The summed E-state index contributed by atoms with van der Waals surface area (Å²) >= 11 is 5.85. The van der Waals surface area contributed by atoms with Gasteiger partial charge < -0.3 is 11.1 Å². The highest BCUT2D eigenvalue weighted by molar-refractivity contribution is 7.86. The molecular weight excluding hydrogens is 334 g/mol. The first kappa shape index (κ1) is 16.0. The summed E-state index contributed by atoms with van der Waals surface area (Å²) in [6.07, 6.45) is 0. The minimum Gasteiger partial charge on any atom is -0.398 e. The summed E-state index contributed by atoms with van der Waals surface area (Å²) in [5.41, 5.74) is 5.81. The van der Waals surface area contributed by atoms with E-state index < -0.39 is 25.6 Å². The van der Waals surface area contributed by atoms with Gasteiger partial charge >= 0.3 is 0 Å². The Balaban J connectivity index is 2.50. The van der Waals surface area contributed by atoms with Gasteiger partial charge in [0, 0.05) is 17.8 Å². The second kappa shape index (κ2) is 5.79. The number of hydrogen-bond donors (Lipinski definition) is 3. The van der Waals surface area contributed by atoms with Gasteiger partial charge in [0.25, 0.3) is 15.8 Å². The van der Waals surface area contributed by atoms with Crippen molar-refractivity contribution in [2.75, 3.05) is 11.1 Å². The lowest BCUT2D eigenvalue weighted by Crippen LogP contribution is -2.04. The molecule has 2 aromatic carbocycles. The van der Waals surface area contributed by atoms with Crippen LogP contribution in [0.5, 0.6) is 0 Å². The van der Waals surface area contributed by atoms with Crippen molar-refractivity contribution in [3.63, 3.8) is 0 Å². The van der Waals surface area contributed by atoms with E-state index in [1.165, 1.54) is 24.3 Å². The van der Waals surface area contributed by atoms with Crippen LogP contribution < -0.4 is 11.1 Å². The van der Waals surface area contributed by atoms with Crippen LogP contribution in [0.4, 0.5) is 22.7 Å². The Morgan fingerprint density at radius 3 is 2.45 bits per heavy atom. The van der Waals surface area contributed by atoms with Crippen molar-refractivity contribution >= 4 is 44.5 Å². The first-order valence-corrected chi connectivity index (χ1v) is 7.58. The number of nitro groups is 1. The van der Waals surface area contributed by atoms with Crippen molar-refractivity contribution in [2.24, 2.45) is 0 Å². The summed E-state index contributed by atoms with van der Waals surface area (Å²) in [6, 6.07) is 7.53. The SMILES string of the molecule is Nc1ccc(Nc2ccc([N+](=O)[O-])cc2S(=O)(=O)O)cc1Cl. The Hall–Kier alpha value is -2.36. The number of rotatable bonds is 4. The number of halogens is 1. The second-order valence-electron chi connectivity index (χ2n) is 4.27. The van der Waals surface area contributed by atoms with Gasteiger partial charge in [-0.2, -0.15) is 8.42 Å². The van der Waals surface area contributed by atoms with E-state index in [0.29, 0.717) is 11.4 Å². The topological polar surface area (TPSA) is 136 Å². The Kier molecular flexibility index (Phi) is 4.22. The maximum atomic E-state index is 11.4. The van der Waals surface area contributed by atoms with E-state index in [-0.39, 0.29) is 10.7 Å². The lowest BCUT2D eigenvalue weighted by atomic mass is 10.2. The van der Waals surface area contributed by atoms with E-state index in [9.17, 15) is 23.1 Å². The fourth-order valence-corrected chi connectivity index (χ4v) is 2.55. The monoisotopic (exact) mass is 343 g/mol. The van der Waals surface area contributed by atoms with Gasteiger partial charge in [-0.15, -0.1) is 0 Å². The molecular formula is C12H10ClN3O5S. The average Bonchev–Trinajstić information content (AvgIpc) is 2.42. The number of hydrogen-bond acceptors (Lipinski definition) is 6. The van der Waals surface area contributed by atoms with Crippen molar-refractivity contribution < 1.29 is 17.9 Å². The molecule has 0 bridgehead atoms. The Labute approximate surface area is 130 Å². The van der Waals surface area contributed by atoms with Crippen LogP contribution in [0.15, 0.2) is 41.3 Å². The van der Waals surface area contributed by atoms with Crippen molar-refractivity contribution in [1.82, 2.24) is 0 Å². The summed E-state index contributed by atoms with van der Waals surface area (Å²) in [4.78, 5) is 9.33. The number of nitrogen functional groups attached to an aromatic ring is 1. The highest BCUT2D eigenvalue weighted by Crippen LogP contribution is 2.30. The fraction of sp³-hybridized carbons (Fsp3) is 0. The second-order valence-corrected chi connectivity index (χ2v) is 6.07. The van der Waals surface area contributed by atoms with Crippen LogP contribution in [-0.4, -0.2) is 17.9 Å². The molecule has 0 saturated heterocycles. The van der Waals surface area contributed by atoms with Crippen LogP contribution in [0.1, 0.15) is 0 Å². The first-order valence-electron chi connectivity index (χ1n) is 5.76. The molecule has 22 heavy (non-hydrogen) atoms. The molecule has 2 aromatic rings. The highest BCUT2D eigenvalue weighted by Gasteiger charge is 2.20. The molecule has 0 aliphatic carbocycles. The molecule has 0 unspecified atom stereocenters. The third-order valence-electron chi connectivity index (χ3n) is 2.73. The van der Waals surface area contributed by atoms with E-state index >= 15 is 0 Å². The van der Waals surface area contributed by atoms with Gasteiger partial charge in [0.15, 0.2) is 0 Å². The van der Waals surface area contributed by atoms with E-state index in [1.54, 1.807) is 0 Å². The van der Waals surface area contributed by atoms with Gasteiger partial charge in [0.05, 0.1) is 21.3 Å². The standard InChI is InChI=1S/C12H10ClN3O5S/c13-9-5-7(1-3-10(9)14)15-11-4-2-8(16(17)18)6-12(11)22(19,20)21/h1-6,15H,14H2,(H,19,20,21). The summed E-state index contributed by atoms with van der Waals surface area (Å²) in [7, 11) is -4.65. The third kappa shape index (κ3) is 3.45. The number of nitrogens with two attached hydrogens (primary N) is 1. The van der Waals surface area contributed by atoms with Crippen LogP contribution in [0.3, 0.4) is 0 Å². The number of anilines is 3. The summed E-state index contributed by atoms with van der Waals surface area (Å²) < 4.78 is 32.0. The maximum Gasteiger partial charge on any atom is 0.296 e. The van der Waals surface area contributed by atoms with Crippen LogP contribution in [0, 0.1) is 10.1 Å². The first-order chi connectivity index (χ1) is 10.2. The zero-order valence-corrected chi connectivity index (χ0v) is 12.4. The minimum atomic E-state index is -4.65. The molecule has 2 rings (SSSR count). The number of nitro benzene ring substituents is 1.